The molecule has 8 nitrogen and oxygen atoms in total. The van der Waals surface area contributed by atoms with E-state index < -0.39 is 0 Å². The van der Waals surface area contributed by atoms with Crippen LogP contribution in [0.25, 0.3) is 0 Å². The van der Waals surface area contributed by atoms with Crippen molar-refractivity contribution in [2.75, 3.05) is 37.9 Å². The summed E-state index contributed by atoms with van der Waals surface area (Å²) in [6.07, 6.45) is 0. The van der Waals surface area contributed by atoms with Gasteiger partial charge in [-0.2, -0.15) is 0 Å². The summed E-state index contributed by atoms with van der Waals surface area (Å²) in [6.45, 7) is 0. The first-order valence-electron chi connectivity index (χ1n) is 6.74. The Bertz CT molecular complexity index is 689. The summed E-state index contributed by atoms with van der Waals surface area (Å²) in [5.41, 5.74) is 14.1. The minimum absolute atomic E-state index is 0.393. The molecule has 2 aromatic carbocycles. The van der Waals surface area contributed by atoms with Crippen LogP contribution in [0, 0.1) is 4.91 Å². The molecule has 0 aliphatic carbocycles. The van der Waals surface area contributed by atoms with Crippen LogP contribution in [0.1, 0.15) is 0 Å². The van der Waals surface area contributed by atoms with Gasteiger partial charge in [-0.25, -0.2) is 4.84 Å². The first-order valence-corrected chi connectivity index (χ1v) is 6.74. The maximum absolute atomic E-state index is 11.3. The number of hydrogen-bond donors (Lipinski definition) is 3. The summed E-state index contributed by atoms with van der Waals surface area (Å²) in [6, 6.07) is 10.1. The van der Waals surface area contributed by atoms with Gasteiger partial charge in [0.15, 0.2) is 7.11 Å². The van der Waals surface area contributed by atoms with Crippen molar-refractivity contribution >= 4 is 22.7 Å². The SMILES string of the molecule is COc1cc(NNc2ccc([N+](=O)OC)cc2)c(OC)cc1N. The summed E-state index contributed by atoms with van der Waals surface area (Å²) in [5.74, 6) is 1.10. The lowest BCUT2D eigenvalue weighted by molar-refractivity contribution is -0.736. The van der Waals surface area contributed by atoms with Gasteiger partial charge in [-0.1, -0.05) is 0 Å². The van der Waals surface area contributed by atoms with E-state index in [-0.39, 0.29) is 0 Å². The smallest absolute Gasteiger partial charge is 0.316 e. The van der Waals surface area contributed by atoms with Crippen LogP contribution in [0.15, 0.2) is 36.4 Å². The number of benzene rings is 2. The van der Waals surface area contributed by atoms with E-state index in [0.29, 0.717) is 33.5 Å². The predicted molar refractivity (Wildman–Crippen MR) is 87.9 cm³/mol. The number of rotatable bonds is 7. The molecule has 0 spiro atoms. The van der Waals surface area contributed by atoms with E-state index in [4.69, 9.17) is 15.2 Å². The predicted octanol–water partition coefficient (Wildman–Crippen LogP) is 2.70. The topological polar surface area (TPSA) is 97.8 Å². The maximum Gasteiger partial charge on any atom is 0.316 e. The molecule has 0 atom stereocenters. The molecule has 2 rings (SSSR count). The highest BCUT2D eigenvalue weighted by Crippen LogP contribution is 2.34. The molecule has 2 aromatic rings. The fourth-order valence-corrected chi connectivity index (χ4v) is 1.93. The Morgan fingerprint density at radius 3 is 2.17 bits per heavy atom. The number of nitrogens with one attached hydrogen (secondary N) is 2. The molecule has 8 heteroatoms. The lowest BCUT2D eigenvalue weighted by Gasteiger charge is -2.15. The van der Waals surface area contributed by atoms with Gasteiger partial charge in [-0.05, 0) is 12.1 Å². The Morgan fingerprint density at radius 2 is 1.61 bits per heavy atom. The van der Waals surface area contributed by atoms with E-state index in [1.165, 1.54) is 7.11 Å². The van der Waals surface area contributed by atoms with E-state index in [9.17, 15) is 4.91 Å². The molecule has 0 unspecified atom stereocenters. The van der Waals surface area contributed by atoms with Crippen molar-refractivity contribution in [1.82, 2.24) is 0 Å². The molecule has 0 radical (unpaired) electrons. The lowest BCUT2D eigenvalue weighted by atomic mass is 10.2. The summed E-state index contributed by atoms with van der Waals surface area (Å²) >= 11 is 0. The fraction of sp³-hybridized carbons (Fsp3) is 0.200. The van der Waals surface area contributed by atoms with Crippen LogP contribution >= 0.6 is 0 Å². The number of nitrogens with two attached hydrogens (primary N) is 1. The molecule has 122 valence electrons. The van der Waals surface area contributed by atoms with Crippen molar-refractivity contribution in [2.24, 2.45) is 0 Å². The summed E-state index contributed by atoms with van der Waals surface area (Å²) < 4.78 is 10.5. The molecule has 0 saturated carbocycles. The van der Waals surface area contributed by atoms with Gasteiger partial charge >= 0.3 is 5.69 Å². The van der Waals surface area contributed by atoms with Crippen LogP contribution in [0.2, 0.25) is 0 Å². The van der Waals surface area contributed by atoms with Gasteiger partial charge in [0.2, 0.25) is 0 Å². The Hall–Kier alpha value is -3.16. The van der Waals surface area contributed by atoms with Crippen molar-refractivity contribution in [3.8, 4) is 11.5 Å². The average Bonchev–Trinajstić information content (AvgIpc) is 2.60. The molecule has 0 fully saturated rings. The Labute approximate surface area is 133 Å². The molecule has 0 aliphatic heterocycles. The van der Waals surface area contributed by atoms with Crippen molar-refractivity contribution in [3.63, 3.8) is 0 Å². The summed E-state index contributed by atoms with van der Waals surface area (Å²) in [7, 11) is 4.40. The first-order chi connectivity index (χ1) is 11.1. The zero-order valence-corrected chi connectivity index (χ0v) is 13.1. The second-order valence-electron chi connectivity index (χ2n) is 4.53. The molecule has 0 amide bonds. The van der Waals surface area contributed by atoms with E-state index in [1.54, 1.807) is 50.6 Å². The molecule has 0 bridgehead atoms. The highest BCUT2D eigenvalue weighted by atomic mass is 16.8. The highest BCUT2D eigenvalue weighted by molar-refractivity contribution is 5.70. The van der Waals surface area contributed by atoms with Crippen molar-refractivity contribution in [2.45, 2.75) is 0 Å². The van der Waals surface area contributed by atoms with Gasteiger partial charge < -0.3 is 20.6 Å². The van der Waals surface area contributed by atoms with Gasteiger partial charge in [0.1, 0.15) is 11.5 Å². The standard InChI is InChI=1S/C15H19N4O4/c1-21-14-9-13(15(22-2)8-12(14)16)18-17-10-4-6-11(7-5-10)19(20)23-3/h4-9,17-18H,16H2,1-3H3/q+1. The van der Waals surface area contributed by atoms with E-state index >= 15 is 0 Å². The van der Waals surface area contributed by atoms with E-state index in [0.717, 1.165) is 5.69 Å². The lowest BCUT2D eigenvalue weighted by Crippen LogP contribution is -2.10. The number of ether oxygens (including phenoxy) is 2. The third-order valence-electron chi connectivity index (χ3n) is 3.14. The van der Waals surface area contributed by atoms with Crippen molar-refractivity contribution < 1.29 is 19.2 Å². The third kappa shape index (κ3) is 3.73. The van der Waals surface area contributed by atoms with Crippen LogP contribution in [0.5, 0.6) is 11.5 Å². The molecular weight excluding hydrogens is 300 g/mol. The number of anilines is 3. The van der Waals surface area contributed by atoms with Crippen molar-refractivity contribution in [3.05, 3.63) is 41.3 Å². The molecule has 0 saturated heterocycles. The third-order valence-corrected chi connectivity index (χ3v) is 3.14. The quantitative estimate of drug-likeness (QED) is 0.533. The van der Waals surface area contributed by atoms with Gasteiger partial charge in [0.05, 0.1) is 36.2 Å². The normalized spacial score (nSPS) is 9.87. The Kier molecular flexibility index (Phi) is 5.08. The minimum Gasteiger partial charge on any atom is -0.495 e. The summed E-state index contributed by atoms with van der Waals surface area (Å²) in [5, 5.41) is 0. The molecule has 0 aromatic heterocycles. The largest absolute Gasteiger partial charge is 0.495 e. The zero-order chi connectivity index (χ0) is 16.8. The van der Waals surface area contributed by atoms with Gasteiger partial charge in [-0.3, -0.25) is 5.43 Å². The van der Waals surface area contributed by atoms with Crippen LogP contribution in [0.4, 0.5) is 22.7 Å². The second kappa shape index (κ2) is 7.21. The van der Waals surface area contributed by atoms with Crippen LogP contribution in [-0.2, 0) is 4.84 Å². The number of nitrogen functional groups attached to an aromatic ring is 1. The van der Waals surface area contributed by atoms with Gasteiger partial charge in [0, 0.05) is 24.3 Å². The number of hydrogen-bond acceptors (Lipinski definition) is 7. The Balaban J connectivity index is 2.12. The Morgan fingerprint density at radius 1 is 0.957 bits per heavy atom. The molecule has 4 N–H and O–H groups in total. The van der Waals surface area contributed by atoms with Crippen LogP contribution < -0.4 is 26.1 Å². The van der Waals surface area contributed by atoms with Crippen molar-refractivity contribution in [1.29, 1.82) is 0 Å². The molecule has 0 aliphatic rings. The number of hydrazine groups is 1. The fourth-order valence-electron chi connectivity index (χ4n) is 1.93. The monoisotopic (exact) mass is 319 g/mol. The molecule has 23 heavy (non-hydrogen) atoms. The zero-order valence-electron chi connectivity index (χ0n) is 13.1. The number of methoxy groups -OCH3 is 2. The van der Waals surface area contributed by atoms with E-state index in [2.05, 4.69) is 15.7 Å². The highest BCUT2D eigenvalue weighted by Gasteiger charge is 2.13. The van der Waals surface area contributed by atoms with Crippen LogP contribution in [-0.4, -0.2) is 26.3 Å². The number of nitrogens with zero attached hydrogens (tertiary/aromatic N) is 1. The van der Waals surface area contributed by atoms with Crippen LogP contribution in [0.3, 0.4) is 0 Å². The molecule has 0 heterocycles. The molecular formula is C15H19N4O4+. The minimum atomic E-state index is 0.393. The van der Waals surface area contributed by atoms with Gasteiger partial charge in [-0.15, -0.1) is 0 Å². The van der Waals surface area contributed by atoms with E-state index in [1.807, 2.05) is 0 Å². The second-order valence-corrected chi connectivity index (χ2v) is 4.53. The van der Waals surface area contributed by atoms with Gasteiger partial charge in [0.25, 0.3) is 4.92 Å². The average molecular weight is 319 g/mol. The first kappa shape index (κ1) is 16.2. The maximum atomic E-state index is 11.3. The summed E-state index contributed by atoms with van der Waals surface area (Å²) in [4.78, 5) is 16.3.